The van der Waals surface area contributed by atoms with Crippen molar-refractivity contribution in [3.63, 3.8) is 0 Å². The van der Waals surface area contributed by atoms with Crippen LogP contribution in [0.4, 0.5) is 0 Å². The lowest BCUT2D eigenvalue weighted by atomic mass is 9.84. The van der Waals surface area contributed by atoms with Gasteiger partial charge in [-0.1, -0.05) is 180 Å². The molecular weight excluding hydrogens is 823 g/mol. The topological polar surface area (TPSA) is 72.5 Å². The third-order valence-electron chi connectivity index (χ3n) is 10.9. The van der Waals surface area contributed by atoms with Gasteiger partial charge in [0, 0.05) is 22.3 Å². The molecule has 0 heterocycles. The lowest BCUT2D eigenvalue weighted by molar-refractivity contribution is 0.103. The summed E-state index contributed by atoms with van der Waals surface area (Å²) in [6, 6.07) is 43.2. The normalized spacial score (nSPS) is 13.0. The Morgan fingerprint density at radius 2 is 0.571 bits per heavy atom. The highest BCUT2D eigenvalue weighted by Gasteiger charge is 2.36. The summed E-state index contributed by atoms with van der Waals surface area (Å²) in [4.78, 5) is 15.2. The van der Waals surface area contributed by atoms with E-state index in [0.717, 1.165) is 33.4 Å². The number of ketones is 1. The molecule has 328 valence electrons. The van der Waals surface area contributed by atoms with Gasteiger partial charge in [0.15, 0.2) is 0 Å². The van der Waals surface area contributed by atoms with Gasteiger partial charge in [0.05, 0.1) is 11.1 Å². The van der Waals surface area contributed by atoms with Crippen molar-refractivity contribution in [1.29, 1.82) is 0 Å². The van der Waals surface area contributed by atoms with E-state index in [1.54, 1.807) is 0 Å². The summed E-state index contributed by atoms with van der Waals surface area (Å²) in [5, 5.41) is 0. The Balaban J connectivity index is 1.28. The van der Waals surface area contributed by atoms with Crippen LogP contribution in [0.3, 0.4) is 0 Å². The van der Waals surface area contributed by atoms with Crippen LogP contribution in [-0.2, 0) is 28.1 Å². The SMILES string of the molecule is CC(C)(C)c1ccccc1OP(Oc1ccccc1C(C)(C)C)Oc1cccc2c1C(=O)c1c(cccc1OP(Oc1ccccc1C(C)(C)C)Oc1ccccc1C(C)(C)C)C2. The van der Waals surface area contributed by atoms with Gasteiger partial charge in [0.25, 0.3) is 0 Å². The smallest absolute Gasteiger partial charge is 0.408 e. The van der Waals surface area contributed by atoms with Crippen LogP contribution in [0.5, 0.6) is 34.5 Å². The monoisotopic (exact) mass is 882 g/mol. The summed E-state index contributed by atoms with van der Waals surface area (Å²) in [5.41, 5.74) is 5.65. The number of hydrogen-bond donors (Lipinski definition) is 0. The minimum absolute atomic E-state index is 0.223. The number of carbonyl (C=O) groups excluding carboxylic acids is 1. The van der Waals surface area contributed by atoms with Crippen LogP contribution >= 0.6 is 17.2 Å². The number of benzene rings is 6. The van der Waals surface area contributed by atoms with Crippen molar-refractivity contribution < 1.29 is 31.9 Å². The molecule has 0 N–H and O–H groups in total. The van der Waals surface area contributed by atoms with E-state index in [1.807, 2.05) is 109 Å². The number of carbonyl (C=O) groups is 1. The Hall–Kier alpha value is -5.35. The largest absolute Gasteiger partial charge is 0.530 e. The van der Waals surface area contributed by atoms with Crippen LogP contribution in [0.25, 0.3) is 0 Å². The standard InChI is InChI=1S/C54H60O7P2/c1-51(2,3)38-25-13-17-29-42(38)56-62(57-43-30-18-14-26-39(43)52(4,5)6)60-46-33-21-23-36-35-37-24-22-34-47(49(37)50(55)48(36)46)61-63(58-44-31-19-15-27-40(44)53(7,8)9)59-45-32-20-16-28-41(45)54(10,11)12/h13-34H,35H2,1-12H3. The number of rotatable bonds is 12. The van der Waals surface area contributed by atoms with Crippen LogP contribution in [0.15, 0.2) is 133 Å². The van der Waals surface area contributed by atoms with Crippen LogP contribution in [0, 0.1) is 0 Å². The van der Waals surface area contributed by atoms with Crippen molar-refractivity contribution in [3.05, 3.63) is 178 Å². The van der Waals surface area contributed by atoms with Gasteiger partial charge in [0.1, 0.15) is 34.5 Å². The fourth-order valence-electron chi connectivity index (χ4n) is 7.70. The molecule has 0 atom stereocenters. The van der Waals surface area contributed by atoms with Crippen molar-refractivity contribution in [2.45, 2.75) is 111 Å². The average Bonchev–Trinajstić information content (AvgIpc) is 3.20. The fourth-order valence-corrected chi connectivity index (χ4v) is 9.83. The molecule has 0 unspecified atom stereocenters. The van der Waals surface area contributed by atoms with E-state index in [1.165, 1.54) is 0 Å². The Kier molecular flexibility index (Phi) is 13.1. The van der Waals surface area contributed by atoms with E-state index in [9.17, 15) is 0 Å². The summed E-state index contributed by atoms with van der Waals surface area (Å²) in [5.74, 6) is 3.08. The molecule has 0 aromatic heterocycles. The number of para-hydroxylation sites is 4. The maximum Gasteiger partial charge on any atom is 0.530 e. The molecular formula is C54H60O7P2. The minimum atomic E-state index is -2.14. The predicted molar refractivity (Wildman–Crippen MR) is 257 cm³/mol. The molecule has 0 saturated heterocycles. The molecule has 1 aliphatic carbocycles. The molecule has 1 aliphatic rings. The van der Waals surface area contributed by atoms with Gasteiger partial charge in [-0.05, 0) is 75.6 Å². The third-order valence-corrected chi connectivity index (χ3v) is 13.0. The van der Waals surface area contributed by atoms with Gasteiger partial charge in [0.2, 0.25) is 5.78 Å². The second-order valence-electron chi connectivity index (χ2n) is 20.1. The van der Waals surface area contributed by atoms with Crippen molar-refractivity contribution >= 4 is 23.0 Å². The maximum absolute atomic E-state index is 15.2. The Labute approximate surface area is 377 Å². The van der Waals surface area contributed by atoms with Crippen LogP contribution < -0.4 is 27.1 Å². The Bertz CT molecular complexity index is 2290. The molecule has 0 spiro atoms. The maximum atomic E-state index is 15.2. The molecule has 0 radical (unpaired) electrons. The van der Waals surface area contributed by atoms with Gasteiger partial charge < -0.3 is 27.1 Å². The van der Waals surface area contributed by atoms with Gasteiger partial charge in [-0.25, -0.2) is 0 Å². The first-order chi connectivity index (χ1) is 29.7. The third kappa shape index (κ3) is 10.5. The second kappa shape index (κ2) is 18.0. The molecule has 9 heteroatoms. The van der Waals surface area contributed by atoms with Crippen LogP contribution in [-0.4, -0.2) is 5.78 Å². The zero-order chi connectivity index (χ0) is 45.3. The zero-order valence-electron chi connectivity index (χ0n) is 38.7. The summed E-state index contributed by atoms with van der Waals surface area (Å²) < 4.78 is 40.7. The van der Waals surface area contributed by atoms with Crippen molar-refractivity contribution in [2.24, 2.45) is 0 Å². The van der Waals surface area contributed by atoms with E-state index in [4.69, 9.17) is 27.1 Å². The predicted octanol–water partition coefficient (Wildman–Crippen LogP) is 15.5. The Morgan fingerprint density at radius 1 is 0.333 bits per heavy atom. The molecule has 0 aliphatic heterocycles. The number of hydrogen-bond acceptors (Lipinski definition) is 7. The minimum Gasteiger partial charge on any atom is -0.408 e. The summed E-state index contributed by atoms with van der Waals surface area (Å²) in [7, 11) is -4.28. The summed E-state index contributed by atoms with van der Waals surface area (Å²) in [6.07, 6.45) is 0.476. The first-order valence-corrected chi connectivity index (χ1v) is 23.7. The quantitative estimate of drug-likeness (QED) is 0.113. The van der Waals surface area contributed by atoms with Crippen molar-refractivity contribution in [3.8, 4) is 34.5 Å². The van der Waals surface area contributed by atoms with Crippen LogP contribution in [0.2, 0.25) is 0 Å². The Morgan fingerprint density at radius 3 is 0.841 bits per heavy atom. The molecule has 0 bridgehead atoms. The molecule has 0 amide bonds. The molecule has 0 fully saturated rings. The van der Waals surface area contributed by atoms with Crippen molar-refractivity contribution in [1.82, 2.24) is 0 Å². The summed E-state index contributed by atoms with van der Waals surface area (Å²) >= 11 is 0. The van der Waals surface area contributed by atoms with Gasteiger partial charge >= 0.3 is 17.2 Å². The zero-order valence-corrected chi connectivity index (χ0v) is 40.4. The highest BCUT2D eigenvalue weighted by Crippen LogP contribution is 2.52. The first kappa shape index (κ1) is 45.7. The lowest BCUT2D eigenvalue weighted by Gasteiger charge is -2.29. The van der Waals surface area contributed by atoms with E-state index < -0.39 is 17.2 Å². The molecule has 6 aromatic rings. The van der Waals surface area contributed by atoms with Gasteiger partial charge in [-0.3, -0.25) is 4.79 Å². The first-order valence-electron chi connectivity index (χ1n) is 21.5. The van der Waals surface area contributed by atoms with E-state index in [-0.39, 0.29) is 27.4 Å². The summed E-state index contributed by atoms with van der Waals surface area (Å²) in [6.45, 7) is 25.7. The molecule has 7 nitrogen and oxygen atoms in total. The van der Waals surface area contributed by atoms with E-state index in [0.29, 0.717) is 52.0 Å². The van der Waals surface area contributed by atoms with E-state index in [2.05, 4.69) is 107 Å². The van der Waals surface area contributed by atoms with Gasteiger partial charge in [-0.2, -0.15) is 0 Å². The van der Waals surface area contributed by atoms with Crippen molar-refractivity contribution in [2.75, 3.05) is 0 Å². The molecule has 6 aromatic carbocycles. The number of fused-ring (bicyclic) bond motifs is 2. The molecule has 0 saturated carbocycles. The van der Waals surface area contributed by atoms with Crippen LogP contribution in [0.1, 0.15) is 132 Å². The second-order valence-corrected chi connectivity index (χ2v) is 22.1. The molecule has 7 rings (SSSR count). The lowest BCUT2D eigenvalue weighted by Crippen LogP contribution is -2.19. The van der Waals surface area contributed by atoms with E-state index >= 15 is 4.79 Å². The average molecular weight is 883 g/mol. The van der Waals surface area contributed by atoms with Gasteiger partial charge in [-0.15, -0.1) is 0 Å². The molecule has 63 heavy (non-hydrogen) atoms. The highest BCUT2D eigenvalue weighted by molar-refractivity contribution is 7.43. The highest BCUT2D eigenvalue weighted by atomic mass is 31.2. The fraction of sp³-hybridized carbons (Fsp3) is 0.315.